The van der Waals surface area contributed by atoms with Gasteiger partial charge in [0.2, 0.25) is 0 Å². The molecule has 4 nitrogen and oxygen atoms in total. The van der Waals surface area contributed by atoms with Crippen molar-refractivity contribution in [1.29, 1.82) is 0 Å². The molecule has 0 unspecified atom stereocenters. The van der Waals surface area contributed by atoms with Crippen LogP contribution in [0.15, 0.2) is 16.6 Å². The van der Waals surface area contributed by atoms with Crippen LogP contribution >= 0.6 is 15.9 Å². The fourth-order valence-electron chi connectivity index (χ4n) is 2.64. The van der Waals surface area contributed by atoms with Crippen LogP contribution in [-0.2, 0) is 6.54 Å². The van der Waals surface area contributed by atoms with Gasteiger partial charge in [0.25, 0.3) is 0 Å². The molecule has 1 aromatic rings. The molecule has 5 heteroatoms. The molecule has 0 spiro atoms. The number of ether oxygens (including phenoxy) is 2. The van der Waals surface area contributed by atoms with E-state index < -0.39 is 0 Å². The van der Waals surface area contributed by atoms with E-state index in [2.05, 4.69) is 26.6 Å². The molecule has 1 aromatic carbocycles. The lowest BCUT2D eigenvalue weighted by atomic mass is 9.98. The third-order valence-corrected chi connectivity index (χ3v) is 4.58. The Balaban J connectivity index is 1.92. The minimum atomic E-state index is 0.635. The average Bonchev–Trinajstić information content (AvgIpc) is 2.51. The number of hydrogen-bond donors (Lipinski definition) is 2. The van der Waals surface area contributed by atoms with E-state index in [9.17, 15) is 0 Å². The molecular formula is C16H25BrN2O2. The maximum absolute atomic E-state index is 5.58. The van der Waals surface area contributed by atoms with Crippen molar-refractivity contribution < 1.29 is 9.47 Å². The SMILES string of the molecule is CCOc1cc(Br)c(CNCC2CCNCC2)cc1OC. The van der Waals surface area contributed by atoms with Crippen molar-refractivity contribution in [1.82, 2.24) is 10.6 Å². The summed E-state index contributed by atoms with van der Waals surface area (Å²) < 4.78 is 12.0. The number of halogens is 1. The van der Waals surface area contributed by atoms with Gasteiger partial charge >= 0.3 is 0 Å². The van der Waals surface area contributed by atoms with Crippen molar-refractivity contribution >= 4 is 15.9 Å². The summed E-state index contributed by atoms with van der Waals surface area (Å²) >= 11 is 3.62. The van der Waals surface area contributed by atoms with Crippen LogP contribution in [0.25, 0.3) is 0 Å². The fourth-order valence-corrected chi connectivity index (χ4v) is 3.10. The lowest BCUT2D eigenvalue weighted by Gasteiger charge is -2.23. The number of hydrogen-bond acceptors (Lipinski definition) is 4. The molecule has 0 aromatic heterocycles. The van der Waals surface area contributed by atoms with Crippen LogP contribution in [0.1, 0.15) is 25.3 Å². The highest BCUT2D eigenvalue weighted by molar-refractivity contribution is 9.10. The predicted octanol–water partition coefficient (Wildman–Crippen LogP) is 2.95. The van der Waals surface area contributed by atoms with E-state index in [4.69, 9.17) is 9.47 Å². The standard InChI is InChI=1S/C16H25BrN2O2/c1-3-21-16-9-14(17)13(8-15(16)20-2)11-19-10-12-4-6-18-7-5-12/h8-9,12,18-19H,3-7,10-11H2,1-2H3. The zero-order chi connectivity index (χ0) is 15.1. The maximum atomic E-state index is 5.58. The van der Waals surface area contributed by atoms with E-state index in [1.807, 2.05) is 19.1 Å². The minimum absolute atomic E-state index is 0.635. The number of nitrogens with one attached hydrogen (secondary N) is 2. The number of piperidine rings is 1. The molecule has 118 valence electrons. The third kappa shape index (κ3) is 4.87. The van der Waals surface area contributed by atoms with Gasteiger partial charge in [-0.1, -0.05) is 15.9 Å². The van der Waals surface area contributed by atoms with Crippen LogP contribution in [0.2, 0.25) is 0 Å². The van der Waals surface area contributed by atoms with E-state index in [0.717, 1.165) is 48.1 Å². The van der Waals surface area contributed by atoms with Gasteiger partial charge in [-0.3, -0.25) is 0 Å². The molecule has 0 radical (unpaired) electrons. The quantitative estimate of drug-likeness (QED) is 0.788. The summed E-state index contributed by atoms with van der Waals surface area (Å²) in [5, 5.41) is 6.96. The summed E-state index contributed by atoms with van der Waals surface area (Å²) in [6, 6.07) is 4.04. The highest BCUT2D eigenvalue weighted by Gasteiger charge is 2.13. The molecule has 1 fully saturated rings. The van der Waals surface area contributed by atoms with Gasteiger partial charge in [0.1, 0.15) is 0 Å². The Hall–Kier alpha value is -0.780. The normalized spacial score (nSPS) is 16.0. The monoisotopic (exact) mass is 356 g/mol. The second-order valence-electron chi connectivity index (χ2n) is 5.35. The lowest BCUT2D eigenvalue weighted by molar-refractivity contribution is 0.310. The average molecular weight is 357 g/mol. The Labute approximate surface area is 135 Å². The molecule has 2 rings (SSSR count). The summed E-state index contributed by atoms with van der Waals surface area (Å²) in [5.74, 6) is 2.36. The van der Waals surface area contributed by atoms with Crippen LogP contribution in [0.3, 0.4) is 0 Å². The summed E-state index contributed by atoms with van der Waals surface area (Å²) in [6.07, 6.45) is 2.53. The predicted molar refractivity (Wildman–Crippen MR) is 89.2 cm³/mol. The Bertz CT molecular complexity index is 448. The molecule has 0 amide bonds. The fraction of sp³-hybridized carbons (Fsp3) is 0.625. The highest BCUT2D eigenvalue weighted by atomic mass is 79.9. The van der Waals surface area contributed by atoms with Crippen LogP contribution < -0.4 is 20.1 Å². The van der Waals surface area contributed by atoms with Crippen molar-refractivity contribution in [3.05, 3.63) is 22.2 Å². The van der Waals surface area contributed by atoms with E-state index in [-0.39, 0.29) is 0 Å². The molecule has 21 heavy (non-hydrogen) atoms. The molecule has 1 heterocycles. The van der Waals surface area contributed by atoms with E-state index in [0.29, 0.717) is 6.61 Å². The summed E-state index contributed by atoms with van der Waals surface area (Å²) in [4.78, 5) is 0. The first kappa shape index (κ1) is 16.6. The van der Waals surface area contributed by atoms with E-state index >= 15 is 0 Å². The Kier molecular flexibility index (Phi) is 6.80. The Morgan fingerprint density at radius 1 is 1.29 bits per heavy atom. The second-order valence-corrected chi connectivity index (χ2v) is 6.21. The first-order valence-electron chi connectivity index (χ1n) is 7.65. The van der Waals surface area contributed by atoms with Crippen molar-refractivity contribution in [2.24, 2.45) is 5.92 Å². The van der Waals surface area contributed by atoms with Crippen molar-refractivity contribution in [2.45, 2.75) is 26.3 Å². The highest BCUT2D eigenvalue weighted by Crippen LogP contribution is 2.33. The van der Waals surface area contributed by atoms with Gasteiger partial charge in [-0.25, -0.2) is 0 Å². The largest absolute Gasteiger partial charge is 0.493 e. The Morgan fingerprint density at radius 3 is 2.71 bits per heavy atom. The number of benzene rings is 1. The van der Waals surface area contributed by atoms with Gasteiger partial charge in [0.05, 0.1) is 13.7 Å². The van der Waals surface area contributed by atoms with E-state index in [1.54, 1.807) is 7.11 Å². The molecule has 2 N–H and O–H groups in total. The zero-order valence-corrected chi connectivity index (χ0v) is 14.5. The minimum Gasteiger partial charge on any atom is -0.493 e. The molecule has 0 atom stereocenters. The smallest absolute Gasteiger partial charge is 0.162 e. The summed E-state index contributed by atoms with van der Waals surface area (Å²) in [7, 11) is 1.68. The molecule has 0 bridgehead atoms. The number of rotatable bonds is 7. The number of methoxy groups -OCH3 is 1. The summed E-state index contributed by atoms with van der Waals surface area (Å²) in [5.41, 5.74) is 1.20. The van der Waals surface area contributed by atoms with E-state index in [1.165, 1.54) is 18.4 Å². The van der Waals surface area contributed by atoms with Crippen LogP contribution in [0.5, 0.6) is 11.5 Å². The topological polar surface area (TPSA) is 42.5 Å². The summed E-state index contributed by atoms with van der Waals surface area (Å²) in [6.45, 7) is 6.81. The molecule has 1 aliphatic heterocycles. The molecular weight excluding hydrogens is 332 g/mol. The lowest BCUT2D eigenvalue weighted by Crippen LogP contribution is -2.33. The third-order valence-electron chi connectivity index (χ3n) is 3.84. The van der Waals surface area contributed by atoms with Gasteiger partial charge in [0.15, 0.2) is 11.5 Å². The molecule has 0 aliphatic carbocycles. The van der Waals surface area contributed by atoms with Crippen LogP contribution in [0, 0.1) is 5.92 Å². The molecule has 1 saturated heterocycles. The molecule has 0 saturated carbocycles. The van der Waals surface area contributed by atoms with Crippen LogP contribution in [0.4, 0.5) is 0 Å². The first-order chi connectivity index (χ1) is 10.2. The van der Waals surface area contributed by atoms with Gasteiger partial charge in [-0.2, -0.15) is 0 Å². The van der Waals surface area contributed by atoms with Gasteiger partial charge in [-0.15, -0.1) is 0 Å². The second kappa shape index (κ2) is 8.61. The zero-order valence-electron chi connectivity index (χ0n) is 12.9. The van der Waals surface area contributed by atoms with Crippen molar-refractivity contribution in [3.63, 3.8) is 0 Å². The Morgan fingerprint density at radius 2 is 2.05 bits per heavy atom. The van der Waals surface area contributed by atoms with Crippen molar-refractivity contribution in [3.8, 4) is 11.5 Å². The van der Waals surface area contributed by atoms with Gasteiger partial charge < -0.3 is 20.1 Å². The maximum Gasteiger partial charge on any atom is 0.162 e. The van der Waals surface area contributed by atoms with Gasteiger partial charge in [0, 0.05) is 11.0 Å². The van der Waals surface area contributed by atoms with Crippen molar-refractivity contribution in [2.75, 3.05) is 33.4 Å². The van der Waals surface area contributed by atoms with Gasteiger partial charge in [-0.05, 0) is 63.0 Å². The van der Waals surface area contributed by atoms with Crippen LogP contribution in [-0.4, -0.2) is 33.4 Å². The molecule has 1 aliphatic rings. The first-order valence-corrected chi connectivity index (χ1v) is 8.44.